The molecule has 0 bridgehead atoms. The van der Waals surface area contributed by atoms with Crippen molar-refractivity contribution in [1.29, 1.82) is 0 Å². The summed E-state index contributed by atoms with van der Waals surface area (Å²) in [5.41, 5.74) is -0.837. The van der Waals surface area contributed by atoms with Gasteiger partial charge in [-0.05, 0) is 24.6 Å². The van der Waals surface area contributed by atoms with Crippen molar-refractivity contribution in [3.8, 4) is 5.75 Å². The number of ether oxygens (including phenoxy) is 1. The monoisotopic (exact) mass is 291 g/mol. The van der Waals surface area contributed by atoms with Gasteiger partial charge in [0.25, 0.3) is 5.91 Å². The van der Waals surface area contributed by atoms with Crippen LogP contribution in [-0.4, -0.2) is 31.7 Å². The fraction of sp³-hybridized carbons (Fsp3) is 0.462. The number of hydroxylamine groups is 2. The van der Waals surface area contributed by atoms with E-state index in [1.165, 1.54) is 14.2 Å². The third kappa shape index (κ3) is 3.86. The molecule has 4 nitrogen and oxygen atoms in total. The van der Waals surface area contributed by atoms with Crippen LogP contribution in [0.4, 0.5) is 13.2 Å². The fourth-order valence-corrected chi connectivity index (χ4v) is 1.46. The molecule has 0 saturated carbocycles. The van der Waals surface area contributed by atoms with Crippen molar-refractivity contribution in [3.05, 3.63) is 29.3 Å². The summed E-state index contributed by atoms with van der Waals surface area (Å²) in [7, 11) is 2.65. The molecule has 0 N–H and O–H groups in total. The van der Waals surface area contributed by atoms with E-state index in [2.05, 4.69) is 0 Å². The number of rotatable bonds is 5. The highest BCUT2D eigenvalue weighted by molar-refractivity contribution is 5.96. The number of hydrogen-bond donors (Lipinski definition) is 0. The standard InChI is InChI=1S/C13H16F3NO3/c1-4-7-20-11-8-9(13(14,15)16)5-6-10(11)12(18)17(2)19-3/h5-6,8H,4,7H2,1-3H3. The van der Waals surface area contributed by atoms with Crippen molar-refractivity contribution >= 4 is 5.91 Å². The number of carbonyl (C=O) groups is 1. The number of alkyl halides is 3. The van der Waals surface area contributed by atoms with Gasteiger partial charge < -0.3 is 4.74 Å². The first-order chi connectivity index (χ1) is 9.31. The Balaban J connectivity index is 3.19. The minimum Gasteiger partial charge on any atom is -0.493 e. The second-order valence-electron chi connectivity index (χ2n) is 4.04. The Hall–Kier alpha value is -1.76. The van der Waals surface area contributed by atoms with Crippen LogP contribution in [0, 0.1) is 0 Å². The average Bonchev–Trinajstić information content (AvgIpc) is 2.42. The summed E-state index contributed by atoms with van der Waals surface area (Å²) in [4.78, 5) is 16.7. The lowest BCUT2D eigenvalue weighted by atomic mass is 10.1. The molecule has 0 aromatic heterocycles. The summed E-state index contributed by atoms with van der Waals surface area (Å²) < 4.78 is 43.3. The van der Waals surface area contributed by atoms with Crippen molar-refractivity contribution in [1.82, 2.24) is 5.06 Å². The Bertz CT molecular complexity index is 474. The summed E-state index contributed by atoms with van der Waals surface area (Å²) in [6.07, 6.45) is -3.87. The quantitative estimate of drug-likeness (QED) is 0.782. The zero-order valence-corrected chi connectivity index (χ0v) is 11.5. The Morgan fingerprint density at radius 3 is 2.50 bits per heavy atom. The Labute approximate surface area is 115 Å². The van der Waals surface area contributed by atoms with Crippen molar-refractivity contribution in [2.75, 3.05) is 20.8 Å². The molecule has 0 unspecified atom stereocenters. The third-order valence-corrected chi connectivity index (χ3v) is 2.56. The molecular formula is C13H16F3NO3. The highest BCUT2D eigenvalue weighted by Crippen LogP contribution is 2.33. The molecule has 1 amide bonds. The van der Waals surface area contributed by atoms with Gasteiger partial charge in [-0.1, -0.05) is 6.92 Å². The van der Waals surface area contributed by atoms with E-state index < -0.39 is 17.6 Å². The molecule has 112 valence electrons. The van der Waals surface area contributed by atoms with E-state index in [-0.39, 0.29) is 17.9 Å². The summed E-state index contributed by atoms with van der Waals surface area (Å²) in [6.45, 7) is 2.04. The van der Waals surface area contributed by atoms with Gasteiger partial charge in [0.05, 0.1) is 24.8 Å². The van der Waals surface area contributed by atoms with Gasteiger partial charge in [-0.3, -0.25) is 9.63 Å². The van der Waals surface area contributed by atoms with Crippen molar-refractivity contribution in [3.63, 3.8) is 0 Å². The summed E-state index contributed by atoms with van der Waals surface area (Å²) >= 11 is 0. The van der Waals surface area contributed by atoms with Crippen LogP contribution in [0.5, 0.6) is 5.75 Å². The van der Waals surface area contributed by atoms with Crippen LogP contribution < -0.4 is 4.74 Å². The van der Waals surface area contributed by atoms with E-state index in [1.54, 1.807) is 0 Å². The molecule has 20 heavy (non-hydrogen) atoms. The topological polar surface area (TPSA) is 38.8 Å². The first-order valence-corrected chi connectivity index (χ1v) is 5.97. The van der Waals surface area contributed by atoms with Crippen molar-refractivity contribution < 1.29 is 27.5 Å². The molecule has 0 heterocycles. The summed E-state index contributed by atoms with van der Waals surface area (Å²) in [5, 5.41) is 0.918. The molecule has 0 fully saturated rings. The lowest BCUT2D eigenvalue weighted by Crippen LogP contribution is -2.26. The Morgan fingerprint density at radius 1 is 1.35 bits per heavy atom. The number of benzene rings is 1. The predicted molar refractivity (Wildman–Crippen MR) is 66.3 cm³/mol. The number of halogens is 3. The molecule has 0 saturated heterocycles. The van der Waals surface area contributed by atoms with E-state index in [4.69, 9.17) is 9.57 Å². The SMILES string of the molecule is CCCOc1cc(C(F)(F)F)ccc1C(=O)N(C)OC. The smallest absolute Gasteiger partial charge is 0.416 e. The molecule has 1 rings (SSSR count). The fourth-order valence-electron chi connectivity index (χ4n) is 1.46. The normalized spacial score (nSPS) is 11.3. The van der Waals surface area contributed by atoms with E-state index in [0.29, 0.717) is 6.42 Å². The van der Waals surface area contributed by atoms with Gasteiger partial charge in [0.2, 0.25) is 0 Å². The highest BCUT2D eigenvalue weighted by Gasteiger charge is 2.32. The summed E-state index contributed by atoms with van der Waals surface area (Å²) in [6, 6.07) is 2.76. The maximum absolute atomic E-state index is 12.7. The van der Waals surface area contributed by atoms with Gasteiger partial charge in [-0.25, -0.2) is 5.06 Å². The number of carbonyl (C=O) groups excluding carboxylic acids is 1. The number of nitrogens with zero attached hydrogens (tertiary/aromatic N) is 1. The molecule has 1 aromatic carbocycles. The van der Waals surface area contributed by atoms with Crippen LogP contribution in [0.1, 0.15) is 29.3 Å². The molecule has 7 heteroatoms. The lowest BCUT2D eigenvalue weighted by Gasteiger charge is -2.18. The molecule has 0 aliphatic rings. The van der Waals surface area contributed by atoms with Crippen LogP contribution in [0.3, 0.4) is 0 Å². The maximum Gasteiger partial charge on any atom is 0.416 e. The first-order valence-electron chi connectivity index (χ1n) is 5.97. The molecule has 0 atom stereocenters. The first kappa shape index (κ1) is 16.3. The van der Waals surface area contributed by atoms with Crippen LogP contribution in [0.15, 0.2) is 18.2 Å². The van der Waals surface area contributed by atoms with E-state index in [0.717, 1.165) is 23.3 Å². The van der Waals surface area contributed by atoms with E-state index in [9.17, 15) is 18.0 Å². The Morgan fingerprint density at radius 2 is 2.00 bits per heavy atom. The van der Waals surface area contributed by atoms with Crippen LogP contribution in [-0.2, 0) is 11.0 Å². The van der Waals surface area contributed by atoms with E-state index in [1.807, 2.05) is 6.92 Å². The van der Waals surface area contributed by atoms with Gasteiger partial charge >= 0.3 is 6.18 Å². The zero-order valence-electron chi connectivity index (χ0n) is 11.5. The van der Waals surface area contributed by atoms with Crippen molar-refractivity contribution in [2.24, 2.45) is 0 Å². The minimum absolute atomic E-state index is 0.0239. The second kappa shape index (κ2) is 6.60. The largest absolute Gasteiger partial charge is 0.493 e. The number of hydrogen-bond acceptors (Lipinski definition) is 3. The molecule has 1 aromatic rings. The van der Waals surface area contributed by atoms with Gasteiger partial charge in [0.15, 0.2) is 0 Å². The van der Waals surface area contributed by atoms with Crippen molar-refractivity contribution in [2.45, 2.75) is 19.5 Å². The predicted octanol–water partition coefficient (Wildman–Crippen LogP) is 3.13. The lowest BCUT2D eigenvalue weighted by molar-refractivity contribution is -0.137. The van der Waals surface area contributed by atoms with Gasteiger partial charge in [-0.15, -0.1) is 0 Å². The molecular weight excluding hydrogens is 275 g/mol. The zero-order chi connectivity index (χ0) is 15.3. The van der Waals surface area contributed by atoms with Crippen LogP contribution >= 0.6 is 0 Å². The molecule has 0 spiro atoms. The second-order valence-corrected chi connectivity index (χ2v) is 4.04. The average molecular weight is 291 g/mol. The molecule has 0 aliphatic heterocycles. The number of amides is 1. The molecule has 0 aliphatic carbocycles. The third-order valence-electron chi connectivity index (χ3n) is 2.56. The highest BCUT2D eigenvalue weighted by atomic mass is 19.4. The molecule has 0 radical (unpaired) electrons. The maximum atomic E-state index is 12.7. The Kier molecular flexibility index (Phi) is 5.38. The minimum atomic E-state index is -4.49. The van der Waals surface area contributed by atoms with Gasteiger partial charge in [0.1, 0.15) is 5.75 Å². The van der Waals surface area contributed by atoms with Crippen LogP contribution in [0.25, 0.3) is 0 Å². The summed E-state index contributed by atoms with van der Waals surface area (Å²) in [5.74, 6) is -0.678. The van der Waals surface area contributed by atoms with Gasteiger partial charge in [0, 0.05) is 7.05 Å². The van der Waals surface area contributed by atoms with E-state index >= 15 is 0 Å². The van der Waals surface area contributed by atoms with Crippen LogP contribution in [0.2, 0.25) is 0 Å². The van der Waals surface area contributed by atoms with Gasteiger partial charge in [-0.2, -0.15) is 13.2 Å².